The van der Waals surface area contributed by atoms with Crippen molar-refractivity contribution in [2.45, 2.75) is 26.7 Å². The monoisotopic (exact) mass is 288 g/mol. The van der Waals surface area contributed by atoms with Crippen LogP contribution >= 0.6 is 0 Å². The summed E-state index contributed by atoms with van der Waals surface area (Å²) < 4.78 is 3.01. The summed E-state index contributed by atoms with van der Waals surface area (Å²) in [5.41, 5.74) is 2.62. The molecule has 2 heterocycles. The van der Waals surface area contributed by atoms with E-state index in [2.05, 4.69) is 10.4 Å². The quantitative estimate of drug-likeness (QED) is 0.936. The predicted octanol–water partition coefficient (Wildman–Crippen LogP) is 1.80. The number of hydrogen-bond acceptors (Lipinski definition) is 3. The van der Waals surface area contributed by atoms with E-state index in [-0.39, 0.29) is 17.4 Å². The molecule has 0 aromatic carbocycles. The SMILES string of the molecule is Cc1cc(=O)n(C)cc1NC(=O)c1cc(C(C)C)nn1C. The first-order valence-corrected chi connectivity index (χ1v) is 6.82. The first kappa shape index (κ1) is 15.0. The maximum absolute atomic E-state index is 12.4. The van der Waals surface area contributed by atoms with Crippen LogP contribution in [0.5, 0.6) is 0 Å². The van der Waals surface area contributed by atoms with Crippen LogP contribution in [0.1, 0.15) is 41.5 Å². The van der Waals surface area contributed by atoms with Gasteiger partial charge in [0.15, 0.2) is 0 Å². The minimum absolute atomic E-state index is 0.104. The normalized spacial score (nSPS) is 11.0. The van der Waals surface area contributed by atoms with Crippen LogP contribution < -0.4 is 10.9 Å². The number of carbonyl (C=O) groups excluding carboxylic acids is 1. The van der Waals surface area contributed by atoms with Gasteiger partial charge in [-0.15, -0.1) is 0 Å². The van der Waals surface area contributed by atoms with Gasteiger partial charge >= 0.3 is 0 Å². The maximum Gasteiger partial charge on any atom is 0.273 e. The molecule has 0 saturated carbocycles. The van der Waals surface area contributed by atoms with Crippen molar-refractivity contribution in [3.63, 3.8) is 0 Å². The molecule has 0 aliphatic heterocycles. The fourth-order valence-electron chi connectivity index (χ4n) is 2.03. The Morgan fingerprint density at radius 3 is 2.52 bits per heavy atom. The largest absolute Gasteiger partial charge is 0.319 e. The van der Waals surface area contributed by atoms with Crippen molar-refractivity contribution >= 4 is 11.6 Å². The molecule has 0 fully saturated rings. The van der Waals surface area contributed by atoms with Crippen molar-refractivity contribution in [3.05, 3.63) is 45.6 Å². The van der Waals surface area contributed by atoms with Crippen LogP contribution in [0.3, 0.4) is 0 Å². The molecule has 0 radical (unpaired) electrons. The third kappa shape index (κ3) is 3.04. The van der Waals surface area contributed by atoms with Gasteiger partial charge in [-0.3, -0.25) is 14.3 Å². The number of hydrogen-bond donors (Lipinski definition) is 1. The first-order chi connectivity index (χ1) is 9.79. The van der Waals surface area contributed by atoms with Gasteiger partial charge in [-0.2, -0.15) is 5.10 Å². The van der Waals surface area contributed by atoms with Crippen molar-refractivity contribution in [2.24, 2.45) is 14.1 Å². The van der Waals surface area contributed by atoms with Gasteiger partial charge in [0.1, 0.15) is 5.69 Å². The number of carbonyl (C=O) groups is 1. The zero-order chi connectivity index (χ0) is 15.7. The van der Waals surface area contributed by atoms with Crippen LogP contribution in [-0.4, -0.2) is 20.3 Å². The Bertz CT molecular complexity index is 741. The van der Waals surface area contributed by atoms with Crippen molar-refractivity contribution in [1.29, 1.82) is 0 Å². The average Bonchev–Trinajstić information content (AvgIpc) is 2.78. The van der Waals surface area contributed by atoms with Gasteiger partial charge < -0.3 is 9.88 Å². The van der Waals surface area contributed by atoms with Crippen molar-refractivity contribution in [3.8, 4) is 0 Å². The molecule has 0 saturated heterocycles. The summed E-state index contributed by atoms with van der Waals surface area (Å²) >= 11 is 0. The minimum Gasteiger partial charge on any atom is -0.319 e. The van der Waals surface area contributed by atoms with Gasteiger partial charge in [0.2, 0.25) is 0 Å². The second-order valence-corrected chi connectivity index (χ2v) is 5.51. The fourth-order valence-corrected chi connectivity index (χ4v) is 2.03. The first-order valence-electron chi connectivity index (χ1n) is 6.82. The lowest BCUT2D eigenvalue weighted by atomic mass is 10.1. The molecule has 0 bridgehead atoms. The number of amides is 1. The molecule has 0 aliphatic carbocycles. The zero-order valence-electron chi connectivity index (χ0n) is 13.0. The summed E-state index contributed by atoms with van der Waals surface area (Å²) in [5.74, 6) is 0.0238. The number of aryl methyl sites for hydroxylation is 3. The highest BCUT2D eigenvalue weighted by molar-refractivity contribution is 6.03. The summed E-state index contributed by atoms with van der Waals surface area (Å²) in [6.45, 7) is 5.85. The highest BCUT2D eigenvalue weighted by Crippen LogP contribution is 2.16. The molecule has 6 nitrogen and oxygen atoms in total. The number of pyridine rings is 1. The lowest BCUT2D eigenvalue weighted by Gasteiger charge is -2.09. The summed E-state index contributed by atoms with van der Waals surface area (Å²) in [5, 5.41) is 7.16. The summed E-state index contributed by atoms with van der Waals surface area (Å²) in [6, 6.07) is 3.29. The van der Waals surface area contributed by atoms with Crippen LogP contribution in [0, 0.1) is 6.92 Å². The van der Waals surface area contributed by atoms with Crippen molar-refractivity contribution in [1.82, 2.24) is 14.3 Å². The van der Waals surface area contributed by atoms with E-state index >= 15 is 0 Å². The molecule has 2 aromatic heterocycles. The molecule has 0 spiro atoms. The molecular formula is C15H20N4O2. The molecular weight excluding hydrogens is 268 g/mol. The smallest absolute Gasteiger partial charge is 0.273 e. The molecule has 1 N–H and O–H groups in total. The number of aromatic nitrogens is 3. The van der Waals surface area contributed by atoms with E-state index in [1.807, 2.05) is 13.8 Å². The predicted molar refractivity (Wildman–Crippen MR) is 81.7 cm³/mol. The lowest BCUT2D eigenvalue weighted by Crippen LogP contribution is -2.21. The van der Waals surface area contributed by atoms with Gasteiger partial charge in [-0.05, 0) is 24.5 Å². The number of nitrogens with one attached hydrogen (secondary N) is 1. The minimum atomic E-state index is -0.237. The van der Waals surface area contributed by atoms with Gasteiger partial charge in [-0.1, -0.05) is 13.8 Å². The zero-order valence-corrected chi connectivity index (χ0v) is 13.0. The highest BCUT2D eigenvalue weighted by Gasteiger charge is 2.16. The molecule has 21 heavy (non-hydrogen) atoms. The van der Waals surface area contributed by atoms with E-state index in [0.29, 0.717) is 11.4 Å². The second-order valence-electron chi connectivity index (χ2n) is 5.51. The maximum atomic E-state index is 12.4. The Kier molecular flexibility index (Phi) is 3.97. The molecule has 2 aromatic rings. The molecule has 6 heteroatoms. The van der Waals surface area contributed by atoms with Crippen molar-refractivity contribution < 1.29 is 4.79 Å². The Balaban J connectivity index is 2.30. The van der Waals surface area contributed by atoms with Crippen LogP contribution in [0.4, 0.5) is 5.69 Å². The summed E-state index contributed by atoms with van der Waals surface area (Å²) in [6.07, 6.45) is 1.62. The second kappa shape index (κ2) is 5.55. The number of nitrogens with zero attached hydrogens (tertiary/aromatic N) is 3. The van der Waals surface area contributed by atoms with E-state index in [0.717, 1.165) is 11.3 Å². The molecule has 112 valence electrons. The van der Waals surface area contributed by atoms with Crippen LogP contribution in [0.25, 0.3) is 0 Å². The van der Waals surface area contributed by atoms with E-state index in [4.69, 9.17) is 0 Å². The molecule has 0 aliphatic rings. The van der Waals surface area contributed by atoms with E-state index in [1.54, 1.807) is 38.0 Å². The van der Waals surface area contributed by atoms with Gasteiger partial charge in [0.05, 0.1) is 11.4 Å². The van der Waals surface area contributed by atoms with Crippen LogP contribution in [0.15, 0.2) is 23.1 Å². The van der Waals surface area contributed by atoms with Crippen LogP contribution in [-0.2, 0) is 14.1 Å². The van der Waals surface area contributed by atoms with Gasteiger partial charge in [0.25, 0.3) is 11.5 Å². The third-order valence-corrected chi connectivity index (χ3v) is 3.41. The Hall–Kier alpha value is -2.37. The molecule has 1 amide bonds. The summed E-state index contributed by atoms with van der Waals surface area (Å²) in [4.78, 5) is 23.9. The Morgan fingerprint density at radius 1 is 1.29 bits per heavy atom. The highest BCUT2D eigenvalue weighted by atomic mass is 16.2. The fraction of sp³-hybridized carbons (Fsp3) is 0.400. The van der Waals surface area contributed by atoms with Crippen LogP contribution in [0.2, 0.25) is 0 Å². The third-order valence-electron chi connectivity index (χ3n) is 3.41. The van der Waals surface area contributed by atoms with E-state index in [9.17, 15) is 9.59 Å². The number of anilines is 1. The van der Waals surface area contributed by atoms with Gasteiger partial charge in [-0.25, -0.2) is 0 Å². The van der Waals surface area contributed by atoms with Gasteiger partial charge in [0, 0.05) is 26.4 Å². The molecule has 0 unspecified atom stereocenters. The topological polar surface area (TPSA) is 68.9 Å². The van der Waals surface area contributed by atoms with Crippen molar-refractivity contribution in [2.75, 3.05) is 5.32 Å². The Morgan fingerprint density at radius 2 is 1.95 bits per heavy atom. The van der Waals surface area contributed by atoms with E-state index in [1.165, 1.54) is 10.6 Å². The lowest BCUT2D eigenvalue weighted by molar-refractivity contribution is 0.101. The number of rotatable bonds is 3. The molecule has 0 atom stereocenters. The summed E-state index contributed by atoms with van der Waals surface area (Å²) in [7, 11) is 3.40. The average molecular weight is 288 g/mol. The molecule has 2 rings (SSSR count). The standard InChI is InChI=1S/C15H20N4O2/c1-9(2)11-7-13(19(5)17-11)15(21)16-12-8-18(4)14(20)6-10(12)3/h6-9H,1-5H3,(H,16,21). The Labute approximate surface area is 123 Å². The van der Waals surface area contributed by atoms with E-state index < -0.39 is 0 Å².